The third kappa shape index (κ3) is 4.64. The van der Waals surface area contributed by atoms with Gasteiger partial charge in [0.05, 0.1) is 5.02 Å². The van der Waals surface area contributed by atoms with Gasteiger partial charge in [-0.15, -0.1) is 0 Å². The molecule has 0 amide bonds. The number of halogens is 3. The van der Waals surface area contributed by atoms with E-state index in [0.717, 1.165) is 11.3 Å². The van der Waals surface area contributed by atoms with Gasteiger partial charge in [-0.3, -0.25) is 0 Å². The molecule has 128 valence electrons. The van der Waals surface area contributed by atoms with E-state index in [9.17, 15) is 8.78 Å². The maximum Gasteiger partial charge on any atom is 0.225 e. The number of hydrogen-bond donors (Lipinski definition) is 2. The average Bonchev–Trinajstić information content (AvgIpc) is 2.57. The van der Waals surface area contributed by atoms with Crippen LogP contribution in [0, 0.1) is 18.6 Å². The van der Waals surface area contributed by atoms with Crippen LogP contribution in [0.15, 0.2) is 48.5 Å². The Morgan fingerprint density at radius 1 is 1.00 bits per heavy atom. The van der Waals surface area contributed by atoms with Crippen LogP contribution in [0.25, 0.3) is 0 Å². The highest BCUT2D eigenvalue weighted by Gasteiger charge is 2.05. The van der Waals surface area contributed by atoms with Gasteiger partial charge in [0.25, 0.3) is 0 Å². The van der Waals surface area contributed by atoms with Crippen molar-refractivity contribution in [3.05, 3.63) is 76.4 Å². The van der Waals surface area contributed by atoms with E-state index in [2.05, 4.69) is 20.6 Å². The first kappa shape index (κ1) is 17.1. The number of rotatable bonds is 5. The Kier molecular flexibility index (Phi) is 5.09. The average molecular weight is 361 g/mol. The lowest BCUT2D eigenvalue weighted by atomic mass is 10.2. The van der Waals surface area contributed by atoms with E-state index in [-0.39, 0.29) is 10.8 Å². The van der Waals surface area contributed by atoms with Crippen molar-refractivity contribution in [3.63, 3.8) is 0 Å². The van der Waals surface area contributed by atoms with E-state index in [1.807, 2.05) is 6.92 Å². The molecule has 0 saturated carbocycles. The minimum Gasteiger partial charge on any atom is -0.350 e. The fraction of sp³-hybridized carbons (Fsp3) is 0.111. The molecule has 0 saturated heterocycles. The van der Waals surface area contributed by atoms with E-state index < -0.39 is 5.82 Å². The van der Waals surface area contributed by atoms with Crippen molar-refractivity contribution in [2.24, 2.45) is 0 Å². The molecule has 0 bridgehead atoms. The van der Waals surface area contributed by atoms with Crippen molar-refractivity contribution in [2.75, 3.05) is 10.6 Å². The van der Waals surface area contributed by atoms with E-state index in [4.69, 9.17) is 11.6 Å². The molecule has 0 fully saturated rings. The number of nitrogens with one attached hydrogen (secondary N) is 2. The van der Waals surface area contributed by atoms with Gasteiger partial charge >= 0.3 is 0 Å². The number of benzene rings is 2. The minimum atomic E-state index is -0.479. The first-order valence-corrected chi connectivity index (χ1v) is 7.93. The summed E-state index contributed by atoms with van der Waals surface area (Å²) >= 11 is 5.78. The Morgan fingerprint density at radius 3 is 2.48 bits per heavy atom. The summed E-state index contributed by atoms with van der Waals surface area (Å²) in [7, 11) is 0. The Morgan fingerprint density at radius 2 is 1.76 bits per heavy atom. The van der Waals surface area contributed by atoms with Crippen LogP contribution < -0.4 is 10.6 Å². The zero-order valence-corrected chi connectivity index (χ0v) is 14.1. The summed E-state index contributed by atoms with van der Waals surface area (Å²) < 4.78 is 26.2. The van der Waals surface area contributed by atoms with Crippen LogP contribution >= 0.6 is 11.6 Å². The van der Waals surface area contributed by atoms with Gasteiger partial charge in [0, 0.05) is 24.0 Å². The van der Waals surface area contributed by atoms with Crippen LogP contribution in [0.4, 0.5) is 26.2 Å². The topological polar surface area (TPSA) is 49.8 Å². The number of aryl methyl sites for hydroxylation is 1. The standard InChI is InChI=1S/C18H15ClF2N4/c1-11-8-17(24-14-6-7-16(21)15(19)9-14)25-18(23-11)22-10-12-2-4-13(20)5-3-12/h2-9H,10H2,1H3,(H2,22,23,24,25). The van der Waals surface area contributed by atoms with Crippen molar-refractivity contribution in [2.45, 2.75) is 13.5 Å². The quantitative estimate of drug-likeness (QED) is 0.666. The second-order valence-corrected chi connectivity index (χ2v) is 5.86. The number of aromatic nitrogens is 2. The summed E-state index contributed by atoms with van der Waals surface area (Å²) in [6.07, 6.45) is 0. The van der Waals surface area contributed by atoms with Crippen LogP contribution in [0.3, 0.4) is 0 Å². The van der Waals surface area contributed by atoms with Crippen molar-refractivity contribution >= 4 is 29.1 Å². The Bertz CT molecular complexity index is 885. The lowest BCUT2D eigenvalue weighted by molar-refractivity contribution is 0.627. The SMILES string of the molecule is Cc1cc(Nc2ccc(F)c(Cl)c2)nc(NCc2ccc(F)cc2)n1. The fourth-order valence-electron chi connectivity index (χ4n) is 2.22. The predicted octanol–water partition coefficient (Wildman–Crippen LogP) is 5.07. The highest BCUT2D eigenvalue weighted by Crippen LogP contribution is 2.22. The molecule has 3 aromatic rings. The van der Waals surface area contributed by atoms with Crippen molar-refractivity contribution in [1.82, 2.24) is 9.97 Å². The predicted molar refractivity (Wildman–Crippen MR) is 95.2 cm³/mol. The molecule has 0 atom stereocenters. The summed E-state index contributed by atoms with van der Waals surface area (Å²) in [4.78, 5) is 8.69. The summed E-state index contributed by atoms with van der Waals surface area (Å²) in [5, 5.41) is 6.20. The molecule has 3 rings (SSSR count). The van der Waals surface area contributed by atoms with Crippen LogP contribution in [0.2, 0.25) is 5.02 Å². The van der Waals surface area contributed by atoms with E-state index in [0.29, 0.717) is 24.0 Å². The molecular formula is C18H15ClF2N4. The Balaban J connectivity index is 1.73. The lowest BCUT2D eigenvalue weighted by Crippen LogP contribution is -2.06. The highest BCUT2D eigenvalue weighted by atomic mass is 35.5. The molecule has 25 heavy (non-hydrogen) atoms. The van der Waals surface area contributed by atoms with Crippen LogP contribution in [0.1, 0.15) is 11.3 Å². The zero-order valence-electron chi connectivity index (χ0n) is 13.4. The maximum absolute atomic E-state index is 13.2. The monoisotopic (exact) mass is 360 g/mol. The Labute approximate surface area is 148 Å². The van der Waals surface area contributed by atoms with Crippen molar-refractivity contribution in [3.8, 4) is 0 Å². The molecule has 0 aliphatic carbocycles. The summed E-state index contributed by atoms with van der Waals surface area (Å²) in [5.41, 5.74) is 2.28. The molecule has 2 N–H and O–H groups in total. The molecule has 2 aromatic carbocycles. The Hall–Kier alpha value is -2.73. The van der Waals surface area contributed by atoms with Crippen LogP contribution in [-0.2, 0) is 6.54 Å². The molecule has 0 aliphatic rings. The molecule has 7 heteroatoms. The number of nitrogens with zero attached hydrogens (tertiary/aromatic N) is 2. The highest BCUT2D eigenvalue weighted by molar-refractivity contribution is 6.31. The first-order chi connectivity index (χ1) is 12.0. The van der Waals surface area contributed by atoms with Gasteiger partial charge in [0.15, 0.2) is 0 Å². The summed E-state index contributed by atoms with van der Waals surface area (Å²) in [6, 6.07) is 12.3. The van der Waals surface area contributed by atoms with Gasteiger partial charge in [-0.2, -0.15) is 4.98 Å². The normalized spacial score (nSPS) is 10.6. The second-order valence-electron chi connectivity index (χ2n) is 5.45. The molecule has 1 aromatic heterocycles. The smallest absolute Gasteiger partial charge is 0.225 e. The zero-order chi connectivity index (χ0) is 17.8. The third-order valence-electron chi connectivity index (χ3n) is 3.41. The van der Waals surface area contributed by atoms with E-state index in [1.165, 1.54) is 24.3 Å². The third-order valence-corrected chi connectivity index (χ3v) is 3.70. The molecular weight excluding hydrogens is 346 g/mol. The van der Waals surface area contributed by atoms with Crippen LogP contribution in [-0.4, -0.2) is 9.97 Å². The maximum atomic E-state index is 13.2. The van der Waals surface area contributed by atoms with Gasteiger partial charge in [0.2, 0.25) is 5.95 Å². The van der Waals surface area contributed by atoms with Crippen molar-refractivity contribution < 1.29 is 8.78 Å². The number of anilines is 3. The van der Waals surface area contributed by atoms with E-state index in [1.54, 1.807) is 24.3 Å². The van der Waals surface area contributed by atoms with Crippen molar-refractivity contribution in [1.29, 1.82) is 0 Å². The molecule has 0 spiro atoms. The molecule has 0 radical (unpaired) electrons. The second kappa shape index (κ2) is 7.44. The first-order valence-electron chi connectivity index (χ1n) is 7.56. The van der Waals surface area contributed by atoms with Gasteiger partial charge in [-0.25, -0.2) is 13.8 Å². The lowest BCUT2D eigenvalue weighted by Gasteiger charge is -2.10. The summed E-state index contributed by atoms with van der Waals surface area (Å²) in [6.45, 7) is 2.30. The minimum absolute atomic E-state index is 0.0328. The molecule has 4 nitrogen and oxygen atoms in total. The van der Waals surface area contributed by atoms with E-state index >= 15 is 0 Å². The fourth-order valence-corrected chi connectivity index (χ4v) is 2.40. The van der Waals surface area contributed by atoms with Gasteiger partial charge in [-0.05, 0) is 42.8 Å². The van der Waals surface area contributed by atoms with Gasteiger partial charge in [0.1, 0.15) is 17.5 Å². The van der Waals surface area contributed by atoms with Gasteiger partial charge in [-0.1, -0.05) is 23.7 Å². The molecule has 0 aliphatic heterocycles. The largest absolute Gasteiger partial charge is 0.350 e. The van der Waals surface area contributed by atoms with Crippen LogP contribution in [0.5, 0.6) is 0 Å². The summed E-state index contributed by atoms with van der Waals surface area (Å²) in [5.74, 6) is 0.226. The molecule has 0 unspecified atom stereocenters. The number of hydrogen-bond acceptors (Lipinski definition) is 4. The van der Waals surface area contributed by atoms with Gasteiger partial charge < -0.3 is 10.6 Å². The molecule has 1 heterocycles.